The molecule has 0 spiro atoms. The Hall–Kier alpha value is -2.15. The maximum Gasteiger partial charge on any atom is 0.270 e. The van der Waals surface area contributed by atoms with Crippen molar-refractivity contribution in [3.8, 4) is 10.8 Å². The number of nitrogens with one attached hydrogen (secondary N) is 1. The standard InChI is InChI=1S/C16H19N3O3S/c1-9-5-6-13(22-9)16-19-12(8-23-16)15(21)18-11-4-2-3-10(7-11)14(17)20/h5-6,8,10-11H,2-4,7H2,1H3,(H2,17,20)(H,18,21)/t10-,11-/m0/s1. The lowest BCUT2D eigenvalue weighted by Crippen LogP contribution is -2.41. The smallest absolute Gasteiger partial charge is 0.270 e. The predicted octanol–water partition coefficient (Wildman–Crippen LogP) is 2.49. The quantitative estimate of drug-likeness (QED) is 0.898. The van der Waals surface area contributed by atoms with E-state index in [2.05, 4.69) is 10.3 Å². The molecular formula is C16H19N3O3S. The fourth-order valence-electron chi connectivity index (χ4n) is 2.88. The van der Waals surface area contributed by atoms with Gasteiger partial charge in [-0.15, -0.1) is 11.3 Å². The highest BCUT2D eigenvalue weighted by atomic mass is 32.1. The number of nitrogens with two attached hydrogens (primary N) is 1. The normalized spacial score (nSPS) is 21.1. The van der Waals surface area contributed by atoms with Crippen LogP contribution >= 0.6 is 11.3 Å². The predicted molar refractivity (Wildman–Crippen MR) is 87.0 cm³/mol. The summed E-state index contributed by atoms with van der Waals surface area (Å²) in [6.45, 7) is 1.86. The molecule has 0 saturated heterocycles. The minimum absolute atomic E-state index is 0.0234. The Morgan fingerprint density at radius 1 is 1.39 bits per heavy atom. The molecule has 0 aliphatic heterocycles. The summed E-state index contributed by atoms with van der Waals surface area (Å²) in [6.07, 6.45) is 3.17. The molecule has 2 aromatic rings. The van der Waals surface area contributed by atoms with E-state index in [-0.39, 0.29) is 23.8 Å². The zero-order valence-electron chi connectivity index (χ0n) is 12.9. The second kappa shape index (κ2) is 6.54. The second-order valence-electron chi connectivity index (χ2n) is 5.88. The van der Waals surface area contributed by atoms with Crippen LogP contribution in [0.3, 0.4) is 0 Å². The Morgan fingerprint density at radius 3 is 2.91 bits per heavy atom. The molecule has 6 nitrogen and oxygen atoms in total. The van der Waals surface area contributed by atoms with E-state index in [9.17, 15) is 9.59 Å². The van der Waals surface area contributed by atoms with Gasteiger partial charge in [-0.1, -0.05) is 6.42 Å². The van der Waals surface area contributed by atoms with Crippen molar-refractivity contribution in [2.75, 3.05) is 0 Å². The highest BCUT2D eigenvalue weighted by Gasteiger charge is 2.27. The lowest BCUT2D eigenvalue weighted by Gasteiger charge is -2.27. The van der Waals surface area contributed by atoms with E-state index in [1.807, 2.05) is 19.1 Å². The van der Waals surface area contributed by atoms with Gasteiger partial charge in [-0.05, 0) is 38.3 Å². The first-order valence-corrected chi connectivity index (χ1v) is 8.53. The van der Waals surface area contributed by atoms with Crippen molar-refractivity contribution in [3.05, 3.63) is 29.0 Å². The van der Waals surface area contributed by atoms with E-state index >= 15 is 0 Å². The van der Waals surface area contributed by atoms with E-state index in [0.717, 1.165) is 25.0 Å². The van der Waals surface area contributed by atoms with Crippen LogP contribution in [-0.4, -0.2) is 22.8 Å². The minimum Gasteiger partial charge on any atom is -0.459 e. The Kier molecular flexibility index (Phi) is 4.47. The first-order valence-electron chi connectivity index (χ1n) is 7.65. The maximum atomic E-state index is 12.3. The third-order valence-corrected chi connectivity index (χ3v) is 4.96. The van der Waals surface area contributed by atoms with Crippen molar-refractivity contribution in [1.82, 2.24) is 10.3 Å². The van der Waals surface area contributed by atoms with Crippen LogP contribution < -0.4 is 11.1 Å². The number of carbonyl (C=O) groups is 2. The van der Waals surface area contributed by atoms with Gasteiger partial charge in [0.1, 0.15) is 11.5 Å². The monoisotopic (exact) mass is 333 g/mol. The number of furan rings is 1. The summed E-state index contributed by atoms with van der Waals surface area (Å²) in [7, 11) is 0. The summed E-state index contributed by atoms with van der Waals surface area (Å²) >= 11 is 1.37. The van der Waals surface area contributed by atoms with Gasteiger partial charge in [-0.25, -0.2) is 4.98 Å². The van der Waals surface area contributed by atoms with Gasteiger partial charge in [0.15, 0.2) is 10.8 Å². The topological polar surface area (TPSA) is 98.2 Å². The maximum absolute atomic E-state index is 12.3. The molecule has 0 radical (unpaired) electrons. The molecule has 2 amide bonds. The van der Waals surface area contributed by atoms with Crippen LogP contribution in [0.25, 0.3) is 10.8 Å². The number of amides is 2. The van der Waals surface area contributed by atoms with Gasteiger partial charge in [-0.3, -0.25) is 9.59 Å². The molecule has 1 aliphatic carbocycles. The number of carbonyl (C=O) groups excluding carboxylic acids is 2. The van der Waals surface area contributed by atoms with E-state index in [1.54, 1.807) is 5.38 Å². The zero-order chi connectivity index (χ0) is 16.4. The molecular weight excluding hydrogens is 314 g/mol. The van der Waals surface area contributed by atoms with Crippen molar-refractivity contribution in [2.24, 2.45) is 11.7 Å². The molecule has 3 N–H and O–H groups in total. The summed E-state index contributed by atoms with van der Waals surface area (Å²) in [5, 5.41) is 5.36. The summed E-state index contributed by atoms with van der Waals surface area (Å²) < 4.78 is 5.52. The summed E-state index contributed by atoms with van der Waals surface area (Å²) in [5.41, 5.74) is 5.74. The molecule has 1 fully saturated rings. The largest absolute Gasteiger partial charge is 0.459 e. The summed E-state index contributed by atoms with van der Waals surface area (Å²) in [6, 6.07) is 3.68. The third kappa shape index (κ3) is 3.61. The molecule has 0 bridgehead atoms. The van der Waals surface area contributed by atoms with E-state index in [1.165, 1.54) is 11.3 Å². The van der Waals surface area contributed by atoms with Crippen LogP contribution in [0.4, 0.5) is 0 Å². The number of aromatic nitrogens is 1. The molecule has 1 saturated carbocycles. The van der Waals surface area contributed by atoms with E-state index in [0.29, 0.717) is 22.9 Å². The summed E-state index contributed by atoms with van der Waals surface area (Å²) in [5.74, 6) is 0.823. The van der Waals surface area contributed by atoms with Crippen LogP contribution in [0, 0.1) is 12.8 Å². The Bertz CT molecular complexity index is 722. The van der Waals surface area contributed by atoms with Gasteiger partial charge in [0.2, 0.25) is 5.91 Å². The van der Waals surface area contributed by atoms with Gasteiger partial charge in [0.05, 0.1) is 0 Å². The van der Waals surface area contributed by atoms with Crippen LogP contribution in [0.1, 0.15) is 41.9 Å². The lowest BCUT2D eigenvalue weighted by molar-refractivity contribution is -0.122. The Balaban J connectivity index is 1.64. The number of hydrogen-bond acceptors (Lipinski definition) is 5. The van der Waals surface area contributed by atoms with E-state index in [4.69, 9.17) is 10.2 Å². The molecule has 1 aliphatic rings. The summed E-state index contributed by atoms with van der Waals surface area (Å²) in [4.78, 5) is 28.0. The molecule has 122 valence electrons. The molecule has 0 aromatic carbocycles. The number of hydrogen-bond donors (Lipinski definition) is 2. The number of thiazole rings is 1. The van der Waals surface area contributed by atoms with Crippen LogP contribution in [0.15, 0.2) is 21.9 Å². The Morgan fingerprint density at radius 2 is 2.22 bits per heavy atom. The first-order chi connectivity index (χ1) is 11.0. The molecule has 2 atom stereocenters. The Labute approximate surface area is 138 Å². The number of nitrogens with zero attached hydrogens (tertiary/aromatic N) is 1. The zero-order valence-corrected chi connectivity index (χ0v) is 13.7. The fourth-order valence-corrected chi connectivity index (χ4v) is 3.64. The van der Waals surface area contributed by atoms with Crippen LogP contribution in [0.5, 0.6) is 0 Å². The second-order valence-corrected chi connectivity index (χ2v) is 6.74. The van der Waals surface area contributed by atoms with Gasteiger partial charge in [-0.2, -0.15) is 0 Å². The average molecular weight is 333 g/mol. The molecule has 2 heterocycles. The van der Waals surface area contributed by atoms with Crippen molar-refractivity contribution in [2.45, 2.75) is 38.6 Å². The SMILES string of the molecule is Cc1ccc(-c2nc(C(=O)N[C@H]3CCC[C@H](C(N)=O)C3)cs2)o1. The van der Waals surface area contributed by atoms with Crippen molar-refractivity contribution in [3.63, 3.8) is 0 Å². The molecule has 2 aromatic heterocycles. The van der Waals surface area contributed by atoms with Crippen molar-refractivity contribution >= 4 is 23.2 Å². The van der Waals surface area contributed by atoms with Gasteiger partial charge < -0.3 is 15.5 Å². The molecule has 7 heteroatoms. The molecule has 0 unspecified atom stereocenters. The fraction of sp³-hybridized carbons (Fsp3) is 0.438. The average Bonchev–Trinajstić information content (AvgIpc) is 3.16. The van der Waals surface area contributed by atoms with Crippen molar-refractivity contribution < 1.29 is 14.0 Å². The van der Waals surface area contributed by atoms with Crippen LogP contribution in [-0.2, 0) is 4.79 Å². The highest BCUT2D eigenvalue weighted by Crippen LogP contribution is 2.27. The van der Waals surface area contributed by atoms with Gasteiger partial charge >= 0.3 is 0 Å². The van der Waals surface area contributed by atoms with Crippen LogP contribution in [0.2, 0.25) is 0 Å². The first kappa shape index (κ1) is 15.7. The third-order valence-electron chi connectivity index (χ3n) is 4.10. The van der Waals surface area contributed by atoms with Gasteiger partial charge in [0.25, 0.3) is 5.91 Å². The molecule has 3 rings (SSSR count). The molecule has 23 heavy (non-hydrogen) atoms. The number of primary amides is 1. The number of rotatable bonds is 4. The number of aryl methyl sites for hydroxylation is 1. The highest BCUT2D eigenvalue weighted by molar-refractivity contribution is 7.13. The van der Waals surface area contributed by atoms with Gasteiger partial charge in [0, 0.05) is 17.3 Å². The van der Waals surface area contributed by atoms with Crippen molar-refractivity contribution in [1.29, 1.82) is 0 Å². The minimum atomic E-state index is -0.284. The van der Waals surface area contributed by atoms with E-state index < -0.39 is 0 Å². The lowest BCUT2D eigenvalue weighted by atomic mass is 9.85.